The average molecular weight is 535 g/mol. The third kappa shape index (κ3) is 5.03. The Hall–Kier alpha value is -4.44. The second-order valence-corrected chi connectivity index (χ2v) is 9.18. The molecule has 0 spiro atoms. The summed E-state index contributed by atoms with van der Waals surface area (Å²) in [5.41, 5.74) is 1.09. The highest BCUT2D eigenvalue weighted by Gasteiger charge is 2.48. The van der Waals surface area contributed by atoms with Crippen LogP contribution in [0.4, 0.5) is 5.13 Å². The van der Waals surface area contributed by atoms with Gasteiger partial charge in [0.1, 0.15) is 28.7 Å². The largest absolute Gasteiger partial charge is 0.507 e. The first-order chi connectivity index (χ1) is 18.3. The van der Waals surface area contributed by atoms with E-state index in [-0.39, 0.29) is 27.9 Å². The highest BCUT2D eigenvalue weighted by atomic mass is 32.1. The number of ether oxygens (including phenoxy) is 3. The van der Waals surface area contributed by atoms with E-state index in [0.717, 1.165) is 11.3 Å². The van der Waals surface area contributed by atoms with E-state index in [0.29, 0.717) is 34.9 Å². The average Bonchev–Trinajstić information content (AvgIpc) is 3.43. The molecule has 1 atom stereocenters. The number of methoxy groups -OCH3 is 1. The maximum Gasteiger partial charge on any atom is 0.350 e. The van der Waals surface area contributed by atoms with Crippen molar-refractivity contribution in [2.45, 2.75) is 19.9 Å². The van der Waals surface area contributed by atoms with Crippen LogP contribution in [0.15, 0.2) is 66.8 Å². The van der Waals surface area contributed by atoms with Gasteiger partial charge in [0.15, 0.2) is 5.13 Å². The first-order valence-corrected chi connectivity index (χ1v) is 12.6. The minimum absolute atomic E-state index is 0.0160. The minimum Gasteiger partial charge on any atom is -0.507 e. The molecule has 0 radical (unpaired) electrons. The Balaban J connectivity index is 1.88. The van der Waals surface area contributed by atoms with Gasteiger partial charge in [-0.25, -0.2) is 9.78 Å². The second-order valence-electron chi connectivity index (χ2n) is 8.20. The van der Waals surface area contributed by atoms with E-state index in [1.807, 2.05) is 6.92 Å². The third-order valence-corrected chi connectivity index (χ3v) is 6.94. The fraction of sp³-hybridized carbons (Fsp3) is 0.214. The Morgan fingerprint density at radius 3 is 2.58 bits per heavy atom. The number of aryl methyl sites for hydroxylation is 1. The van der Waals surface area contributed by atoms with Gasteiger partial charge < -0.3 is 19.3 Å². The summed E-state index contributed by atoms with van der Waals surface area (Å²) in [6.45, 7) is 7.42. The molecule has 3 aromatic rings. The zero-order chi connectivity index (χ0) is 27.4. The first-order valence-electron chi connectivity index (χ1n) is 11.7. The molecule has 196 valence electrons. The first kappa shape index (κ1) is 26.6. The number of carbonyl (C=O) groups excluding carboxylic acids is 3. The van der Waals surface area contributed by atoms with Gasteiger partial charge in [0, 0.05) is 5.56 Å². The predicted molar refractivity (Wildman–Crippen MR) is 143 cm³/mol. The molecule has 1 unspecified atom stereocenters. The molecule has 1 aromatic heterocycles. The van der Waals surface area contributed by atoms with Crippen molar-refractivity contribution in [3.8, 4) is 11.5 Å². The van der Waals surface area contributed by atoms with E-state index in [2.05, 4.69) is 11.6 Å². The van der Waals surface area contributed by atoms with Crippen LogP contribution < -0.4 is 14.4 Å². The summed E-state index contributed by atoms with van der Waals surface area (Å²) in [7, 11) is 1.52. The smallest absolute Gasteiger partial charge is 0.350 e. The number of carbonyl (C=O) groups is 3. The normalized spacial score (nSPS) is 16.4. The zero-order valence-electron chi connectivity index (χ0n) is 21.1. The molecule has 1 saturated heterocycles. The summed E-state index contributed by atoms with van der Waals surface area (Å²) in [6, 6.07) is 12.4. The SMILES string of the molecule is C=CCOC(=O)c1sc(N2C(=O)C(=O)/C(=C(/O)c3ccc(OC)cc3)C2c2cccc(OCC)c2)nc1C. The number of hydrogen-bond acceptors (Lipinski definition) is 9. The van der Waals surface area contributed by atoms with Crippen molar-refractivity contribution in [2.24, 2.45) is 0 Å². The van der Waals surface area contributed by atoms with Crippen molar-refractivity contribution in [3.63, 3.8) is 0 Å². The lowest BCUT2D eigenvalue weighted by atomic mass is 9.95. The number of aliphatic hydroxyl groups excluding tert-OH is 1. The Morgan fingerprint density at radius 2 is 1.92 bits per heavy atom. The van der Waals surface area contributed by atoms with Crippen molar-refractivity contribution in [1.82, 2.24) is 4.98 Å². The van der Waals surface area contributed by atoms with Crippen LogP contribution in [0.2, 0.25) is 0 Å². The molecule has 4 rings (SSSR count). The molecule has 38 heavy (non-hydrogen) atoms. The Morgan fingerprint density at radius 1 is 1.18 bits per heavy atom. The molecular formula is C28H26N2O7S. The molecule has 1 aliphatic heterocycles. The second kappa shape index (κ2) is 11.3. The fourth-order valence-corrected chi connectivity index (χ4v) is 5.05. The van der Waals surface area contributed by atoms with E-state index < -0.39 is 23.7 Å². The number of nitrogens with zero attached hydrogens (tertiary/aromatic N) is 2. The van der Waals surface area contributed by atoms with E-state index >= 15 is 0 Å². The topological polar surface area (TPSA) is 115 Å². The molecule has 1 N–H and O–H groups in total. The molecule has 9 nitrogen and oxygen atoms in total. The van der Waals surface area contributed by atoms with Crippen molar-refractivity contribution >= 4 is 39.9 Å². The lowest BCUT2D eigenvalue weighted by Gasteiger charge is -2.23. The third-order valence-electron chi connectivity index (χ3n) is 5.80. The molecule has 1 aliphatic rings. The molecule has 0 aliphatic carbocycles. The molecule has 1 fully saturated rings. The molecule has 2 heterocycles. The van der Waals surface area contributed by atoms with Crippen LogP contribution in [-0.4, -0.2) is 48.1 Å². The van der Waals surface area contributed by atoms with Gasteiger partial charge in [0.25, 0.3) is 5.78 Å². The lowest BCUT2D eigenvalue weighted by Crippen LogP contribution is -2.29. The summed E-state index contributed by atoms with van der Waals surface area (Å²) < 4.78 is 16.0. The molecule has 10 heteroatoms. The van der Waals surface area contributed by atoms with Gasteiger partial charge in [-0.15, -0.1) is 0 Å². The fourth-order valence-electron chi connectivity index (χ4n) is 4.07. The molecule has 0 saturated carbocycles. The van der Waals surface area contributed by atoms with Gasteiger partial charge >= 0.3 is 11.9 Å². The van der Waals surface area contributed by atoms with Crippen LogP contribution in [0.5, 0.6) is 11.5 Å². The van der Waals surface area contributed by atoms with Crippen LogP contribution >= 0.6 is 11.3 Å². The van der Waals surface area contributed by atoms with Gasteiger partial charge in [-0.05, 0) is 55.8 Å². The van der Waals surface area contributed by atoms with Gasteiger partial charge in [-0.1, -0.05) is 36.1 Å². The molecule has 2 aromatic carbocycles. The van der Waals surface area contributed by atoms with Crippen LogP contribution in [0.1, 0.15) is 39.5 Å². The van der Waals surface area contributed by atoms with Gasteiger partial charge in [0.05, 0.1) is 31.0 Å². The van der Waals surface area contributed by atoms with Gasteiger partial charge in [-0.2, -0.15) is 0 Å². The van der Waals surface area contributed by atoms with Crippen LogP contribution in [-0.2, 0) is 14.3 Å². The van der Waals surface area contributed by atoms with Gasteiger partial charge in [0.2, 0.25) is 0 Å². The Labute approximate surface area is 223 Å². The number of ketones is 1. The summed E-state index contributed by atoms with van der Waals surface area (Å²) in [5, 5.41) is 11.4. The van der Waals surface area contributed by atoms with E-state index in [1.165, 1.54) is 18.1 Å². The van der Waals surface area contributed by atoms with Crippen molar-refractivity contribution < 1.29 is 33.7 Å². The van der Waals surface area contributed by atoms with Gasteiger partial charge in [-0.3, -0.25) is 14.5 Å². The standard InChI is InChI=1S/C28H26N2O7S/c1-5-14-37-27(34)25-16(3)29-28(38-25)30-22(18-8-7-9-20(15-18)36-6-2)21(24(32)26(30)33)23(31)17-10-12-19(35-4)13-11-17/h5,7-13,15,22,31H,1,6,14H2,2-4H3/b23-21+. The van der Waals surface area contributed by atoms with Crippen LogP contribution in [0.3, 0.4) is 0 Å². The Kier molecular flexibility index (Phi) is 7.92. The Bertz CT molecular complexity index is 1430. The number of hydrogen-bond donors (Lipinski definition) is 1. The number of benzene rings is 2. The maximum absolute atomic E-state index is 13.4. The van der Waals surface area contributed by atoms with Crippen LogP contribution in [0.25, 0.3) is 5.76 Å². The van der Waals surface area contributed by atoms with E-state index in [9.17, 15) is 19.5 Å². The zero-order valence-corrected chi connectivity index (χ0v) is 21.9. The van der Waals surface area contributed by atoms with Crippen molar-refractivity contribution in [3.05, 3.63) is 88.5 Å². The summed E-state index contributed by atoms with van der Waals surface area (Å²) in [5.74, 6) is -1.63. The quantitative estimate of drug-likeness (QED) is 0.137. The number of rotatable bonds is 9. The molecule has 1 amide bonds. The minimum atomic E-state index is -1.03. The van der Waals surface area contributed by atoms with Crippen molar-refractivity contribution in [1.29, 1.82) is 0 Å². The summed E-state index contributed by atoms with van der Waals surface area (Å²) >= 11 is 0.929. The van der Waals surface area contributed by atoms with Crippen molar-refractivity contribution in [2.75, 3.05) is 25.2 Å². The maximum atomic E-state index is 13.4. The monoisotopic (exact) mass is 534 g/mol. The number of aromatic nitrogens is 1. The summed E-state index contributed by atoms with van der Waals surface area (Å²) in [4.78, 5) is 45.2. The number of Topliss-reactive ketones (excluding diaryl/α,β-unsaturated/α-hetero) is 1. The predicted octanol–water partition coefficient (Wildman–Crippen LogP) is 4.83. The van der Waals surface area contributed by atoms with E-state index in [4.69, 9.17) is 14.2 Å². The van der Waals surface area contributed by atoms with E-state index in [1.54, 1.807) is 55.5 Å². The highest BCUT2D eigenvalue weighted by molar-refractivity contribution is 7.17. The lowest BCUT2D eigenvalue weighted by molar-refractivity contribution is -0.132. The number of aliphatic hydroxyl groups is 1. The molecule has 0 bridgehead atoms. The number of anilines is 1. The number of thiazole rings is 1. The highest BCUT2D eigenvalue weighted by Crippen LogP contribution is 2.44. The van der Waals surface area contributed by atoms with Crippen LogP contribution in [0, 0.1) is 6.92 Å². The number of amides is 1. The summed E-state index contributed by atoms with van der Waals surface area (Å²) in [6.07, 6.45) is 1.44. The molecular weight excluding hydrogens is 508 g/mol. The number of esters is 1.